The lowest BCUT2D eigenvalue weighted by atomic mass is 9.87. The van der Waals surface area contributed by atoms with Crippen LogP contribution in [-0.2, 0) is 4.79 Å². The predicted octanol–water partition coefficient (Wildman–Crippen LogP) is 4.82. The largest absolute Gasteiger partial charge is 0.496 e. The van der Waals surface area contributed by atoms with Crippen LogP contribution in [0.4, 0.5) is 0 Å². The smallest absolute Gasteiger partial charge is 0.254 e. The zero-order valence-electron chi connectivity index (χ0n) is 20.7. The van der Waals surface area contributed by atoms with E-state index in [1.54, 1.807) is 7.11 Å². The van der Waals surface area contributed by atoms with E-state index in [4.69, 9.17) is 4.74 Å². The van der Waals surface area contributed by atoms with Gasteiger partial charge in [0.1, 0.15) is 5.75 Å². The van der Waals surface area contributed by atoms with Crippen LogP contribution in [0.1, 0.15) is 46.4 Å². The van der Waals surface area contributed by atoms with Gasteiger partial charge in [0.25, 0.3) is 5.91 Å². The molecule has 0 saturated carbocycles. The van der Waals surface area contributed by atoms with Crippen LogP contribution >= 0.6 is 0 Å². The number of hydrogen-bond acceptors (Lipinski definition) is 4. The summed E-state index contributed by atoms with van der Waals surface area (Å²) in [5.41, 5.74) is 1.38. The van der Waals surface area contributed by atoms with E-state index in [1.807, 2.05) is 76.5 Å². The van der Waals surface area contributed by atoms with E-state index in [0.29, 0.717) is 44.6 Å². The van der Waals surface area contributed by atoms with Crippen LogP contribution in [0.15, 0.2) is 66.7 Å². The highest BCUT2D eigenvalue weighted by Gasteiger charge is 2.34. The molecule has 2 amide bonds. The van der Waals surface area contributed by atoms with Crippen molar-refractivity contribution in [2.75, 3.05) is 33.3 Å². The third-order valence-electron chi connectivity index (χ3n) is 7.63. The number of ketones is 1. The third-order valence-corrected chi connectivity index (χ3v) is 7.63. The Morgan fingerprint density at radius 1 is 0.750 bits per heavy atom. The van der Waals surface area contributed by atoms with Gasteiger partial charge in [-0.3, -0.25) is 14.4 Å². The Kier molecular flexibility index (Phi) is 7.03. The van der Waals surface area contributed by atoms with E-state index < -0.39 is 0 Å². The number of benzene rings is 3. The predicted molar refractivity (Wildman–Crippen MR) is 139 cm³/mol. The molecule has 0 aromatic heterocycles. The monoisotopic (exact) mass is 484 g/mol. The Labute approximate surface area is 211 Å². The summed E-state index contributed by atoms with van der Waals surface area (Å²) in [6.07, 6.45) is 2.97. The Hall–Kier alpha value is -3.67. The van der Waals surface area contributed by atoms with E-state index in [-0.39, 0.29) is 29.4 Å². The minimum Gasteiger partial charge on any atom is -0.496 e. The number of rotatable bonds is 5. The average molecular weight is 485 g/mol. The maximum absolute atomic E-state index is 13.5. The van der Waals surface area contributed by atoms with E-state index in [1.165, 1.54) is 0 Å². The van der Waals surface area contributed by atoms with Crippen molar-refractivity contribution < 1.29 is 19.1 Å². The van der Waals surface area contributed by atoms with E-state index in [9.17, 15) is 14.4 Å². The molecule has 0 radical (unpaired) electrons. The number of fused-ring (bicyclic) bond motifs is 1. The van der Waals surface area contributed by atoms with Gasteiger partial charge in [0.2, 0.25) is 5.91 Å². The SMILES string of the molecule is COc1ccc(C(=O)N2CCCC(C(=O)N3CCC(C(=O)c4ccccc4)CC3)C2)c2ccccc12. The van der Waals surface area contributed by atoms with Crippen molar-refractivity contribution in [3.63, 3.8) is 0 Å². The second kappa shape index (κ2) is 10.5. The summed E-state index contributed by atoms with van der Waals surface area (Å²) >= 11 is 0. The summed E-state index contributed by atoms with van der Waals surface area (Å²) in [7, 11) is 1.63. The Balaban J connectivity index is 1.23. The number of nitrogens with zero attached hydrogens (tertiary/aromatic N) is 2. The van der Waals surface area contributed by atoms with Crippen molar-refractivity contribution in [3.8, 4) is 5.75 Å². The van der Waals surface area contributed by atoms with Gasteiger partial charge in [0, 0.05) is 48.6 Å². The topological polar surface area (TPSA) is 66.9 Å². The quantitative estimate of drug-likeness (QED) is 0.487. The number of ether oxygens (including phenoxy) is 1. The van der Waals surface area contributed by atoms with Crippen molar-refractivity contribution in [3.05, 3.63) is 77.9 Å². The van der Waals surface area contributed by atoms with Gasteiger partial charge >= 0.3 is 0 Å². The van der Waals surface area contributed by atoms with E-state index in [0.717, 1.165) is 34.9 Å². The standard InChI is InChI=1S/C30H32N2O4/c1-36-27-14-13-26(24-11-5-6-12-25(24)27)30(35)32-17-7-10-23(20-32)29(34)31-18-15-22(16-19-31)28(33)21-8-3-2-4-9-21/h2-6,8-9,11-14,22-23H,7,10,15-20H2,1H3. The van der Waals surface area contributed by atoms with Crippen molar-refractivity contribution in [1.29, 1.82) is 0 Å². The van der Waals surface area contributed by atoms with Crippen LogP contribution in [0.3, 0.4) is 0 Å². The molecule has 2 saturated heterocycles. The number of amides is 2. The molecule has 1 atom stereocenters. The van der Waals surface area contributed by atoms with Crippen molar-refractivity contribution >= 4 is 28.4 Å². The minimum atomic E-state index is -0.200. The summed E-state index contributed by atoms with van der Waals surface area (Å²) in [5.74, 6) is 0.737. The molecule has 0 spiro atoms. The molecular formula is C30H32N2O4. The maximum Gasteiger partial charge on any atom is 0.254 e. The molecule has 1 unspecified atom stereocenters. The lowest BCUT2D eigenvalue weighted by Gasteiger charge is -2.37. The van der Waals surface area contributed by atoms with E-state index >= 15 is 0 Å². The van der Waals surface area contributed by atoms with Crippen molar-refractivity contribution in [2.45, 2.75) is 25.7 Å². The Morgan fingerprint density at radius 3 is 2.17 bits per heavy atom. The molecule has 0 aliphatic carbocycles. The first kappa shape index (κ1) is 24.0. The van der Waals surface area contributed by atoms with Gasteiger partial charge in [-0.05, 0) is 43.2 Å². The zero-order chi connectivity index (χ0) is 25.1. The minimum absolute atomic E-state index is 0.0377. The molecule has 2 aliphatic heterocycles. The molecule has 5 rings (SSSR count). The van der Waals surface area contributed by atoms with Gasteiger partial charge < -0.3 is 14.5 Å². The van der Waals surface area contributed by atoms with Crippen molar-refractivity contribution in [1.82, 2.24) is 9.80 Å². The molecule has 2 aliphatic rings. The summed E-state index contributed by atoms with van der Waals surface area (Å²) in [5, 5.41) is 1.77. The fourth-order valence-electron chi connectivity index (χ4n) is 5.63. The maximum atomic E-state index is 13.5. The average Bonchev–Trinajstić information content (AvgIpc) is 2.96. The van der Waals surface area contributed by atoms with Gasteiger partial charge in [-0.25, -0.2) is 0 Å². The molecule has 0 N–H and O–H groups in total. The van der Waals surface area contributed by atoms with Gasteiger partial charge in [0.15, 0.2) is 5.78 Å². The molecule has 36 heavy (non-hydrogen) atoms. The first-order chi connectivity index (χ1) is 17.6. The van der Waals surface area contributed by atoms with Gasteiger partial charge in [-0.2, -0.15) is 0 Å². The van der Waals surface area contributed by atoms with Gasteiger partial charge in [0.05, 0.1) is 13.0 Å². The Morgan fingerprint density at radius 2 is 1.44 bits per heavy atom. The van der Waals surface area contributed by atoms with Crippen LogP contribution < -0.4 is 4.74 Å². The highest BCUT2D eigenvalue weighted by molar-refractivity contribution is 6.08. The summed E-state index contributed by atoms with van der Waals surface area (Å²) in [6, 6.07) is 20.8. The second-order valence-corrected chi connectivity index (χ2v) is 9.78. The second-order valence-electron chi connectivity index (χ2n) is 9.78. The normalized spacial score (nSPS) is 18.8. The number of carbonyl (C=O) groups excluding carboxylic acids is 3. The molecule has 0 bridgehead atoms. The van der Waals surface area contributed by atoms with Crippen LogP contribution in [-0.4, -0.2) is 60.7 Å². The van der Waals surface area contributed by atoms with Crippen molar-refractivity contribution in [2.24, 2.45) is 11.8 Å². The summed E-state index contributed by atoms with van der Waals surface area (Å²) in [6.45, 7) is 2.27. The first-order valence-corrected chi connectivity index (χ1v) is 12.8. The molecule has 6 nitrogen and oxygen atoms in total. The number of hydrogen-bond donors (Lipinski definition) is 0. The number of piperidine rings is 2. The van der Waals surface area contributed by atoms with E-state index in [2.05, 4.69) is 0 Å². The summed E-state index contributed by atoms with van der Waals surface area (Å²) < 4.78 is 5.47. The lowest BCUT2D eigenvalue weighted by molar-refractivity contribution is -0.138. The first-order valence-electron chi connectivity index (χ1n) is 12.8. The zero-order valence-corrected chi connectivity index (χ0v) is 20.7. The molecular weight excluding hydrogens is 452 g/mol. The number of Topliss-reactive ketones (excluding diaryl/α,β-unsaturated/α-hetero) is 1. The number of likely N-dealkylation sites (tertiary alicyclic amines) is 2. The van der Waals surface area contributed by atoms with Gasteiger partial charge in [-0.15, -0.1) is 0 Å². The highest BCUT2D eigenvalue weighted by Crippen LogP contribution is 2.31. The molecule has 186 valence electrons. The fraction of sp³-hybridized carbons (Fsp3) is 0.367. The number of methoxy groups -OCH3 is 1. The molecule has 2 fully saturated rings. The third kappa shape index (κ3) is 4.72. The Bertz CT molecular complexity index is 1260. The van der Waals surface area contributed by atoms with Crippen LogP contribution in [0.2, 0.25) is 0 Å². The van der Waals surface area contributed by atoms with Crippen LogP contribution in [0.5, 0.6) is 5.75 Å². The lowest BCUT2D eigenvalue weighted by Crippen LogP contribution is -2.49. The molecule has 3 aromatic rings. The highest BCUT2D eigenvalue weighted by atomic mass is 16.5. The summed E-state index contributed by atoms with van der Waals surface area (Å²) in [4.78, 5) is 43.5. The van der Waals surface area contributed by atoms with Gasteiger partial charge in [-0.1, -0.05) is 54.6 Å². The van der Waals surface area contributed by atoms with Crippen LogP contribution in [0.25, 0.3) is 10.8 Å². The molecule has 3 aromatic carbocycles. The molecule has 2 heterocycles. The fourth-order valence-corrected chi connectivity index (χ4v) is 5.63. The molecule has 6 heteroatoms. The van der Waals surface area contributed by atoms with Crippen LogP contribution in [0, 0.1) is 11.8 Å². The number of carbonyl (C=O) groups is 3.